The summed E-state index contributed by atoms with van der Waals surface area (Å²) < 4.78 is 5.35. The van der Waals surface area contributed by atoms with Gasteiger partial charge in [-0.1, -0.05) is 6.92 Å². The molecular weight excluding hydrogens is 266 g/mol. The minimum Gasteiger partial charge on any atom is -0.388 e. The molecule has 0 spiro atoms. The van der Waals surface area contributed by atoms with Gasteiger partial charge in [-0.2, -0.15) is 0 Å². The predicted molar refractivity (Wildman–Crippen MR) is 82.9 cm³/mol. The maximum Gasteiger partial charge on any atom is 0.0818 e. The monoisotopic (exact) mass is 293 g/mol. The number of nitrogens with two attached hydrogens (primary N) is 1. The van der Waals surface area contributed by atoms with Crippen molar-refractivity contribution in [3.8, 4) is 0 Å². The van der Waals surface area contributed by atoms with Crippen LogP contribution in [0, 0.1) is 0 Å². The summed E-state index contributed by atoms with van der Waals surface area (Å²) in [6, 6.07) is 4.13. The highest BCUT2D eigenvalue weighted by atomic mass is 16.5. The van der Waals surface area contributed by atoms with Crippen LogP contribution in [0.1, 0.15) is 37.8 Å². The Bertz CT molecular complexity index is 421. The molecule has 1 aromatic heterocycles. The van der Waals surface area contributed by atoms with Crippen molar-refractivity contribution in [1.29, 1.82) is 0 Å². The molecule has 3 N–H and O–H groups in total. The van der Waals surface area contributed by atoms with Crippen molar-refractivity contribution >= 4 is 0 Å². The van der Waals surface area contributed by atoms with E-state index in [2.05, 4.69) is 16.8 Å². The van der Waals surface area contributed by atoms with Crippen molar-refractivity contribution < 1.29 is 9.84 Å². The van der Waals surface area contributed by atoms with Crippen molar-refractivity contribution in [2.75, 3.05) is 26.8 Å². The van der Waals surface area contributed by atoms with Crippen molar-refractivity contribution in [2.45, 2.75) is 43.9 Å². The van der Waals surface area contributed by atoms with E-state index in [1.54, 1.807) is 12.4 Å². The molecule has 1 aliphatic rings. The first-order valence-electron chi connectivity index (χ1n) is 7.71. The zero-order valence-electron chi connectivity index (χ0n) is 13.0. The van der Waals surface area contributed by atoms with Crippen LogP contribution < -0.4 is 5.73 Å². The number of hydrogen-bond donors (Lipinski definition) is 2. The van der Waals surface area contributed by atoms with Crippen molar-refractivity contribution in [3.63, 3.8) is 0 Å². The number of ether oxygens (including phenoxy) is 1. The topological polar surface area (TPSA) is 71.6 Å². The molecule has 1 fully saturated rings. The van der Waals surface area contributed by atoms with Crippen LogP contribution >= 0.6 is 0 Å². The third kappa shape index (κ3) is 4.23. The van der Waals surface area contributed by atoms with E-state index in [-0.39, 0.29) is 12.1 Å². The van der Waals surface area contributed by atoms with E-state index in [0.717, 1.165) is 12.0 Å². The van der Waals surface area contributed by atoms with Gasteiger partial charge in [-0.05, 0) is 31.2 Å². The van der Waals surface area contributed by atoms with Crippen molar-refractivity contribution in [2.24, 2.45) is 5.73 Å². The maximum absolute atomic E-state index is 10.7. The van der Waals surface area contributed by atoms with Crippen molar-refractivity contribution in [1.82, 2.24) is 9.88 Å². The Kier molecular flexibility index (Phi) is 5.70. The molecule has 5 nitrogen and oxygen atoms in total. The fourth-order valence-electron chi connectivity index (χ4n) is 3.08. The van der Waals surface area contributed by atoms with Crippen LogP contribution in [0.25, 0.3) is 0 Å². The second kappa shape index (κ2) is 7.31. The Morgan fingerprint density at radius 2 is 2.00 bits per heavy atom. The largest absolute Gasteiger partial charge is 0.388 e. The molecule has 118 valence electrons. The lowest BCUT2D eigenvalue weighted by atomic mass is 9.91. The summed E-state index contributed by atoms with van der Waals surface area (Å²) >= 11 is 0. The zero-order chi connectivity index (χ0) is 15.3. The molecule has 0 radical (unpaired) electrons. The summed E-state index contributed by atoms with van der Waals surface area (Å²) in [4.78, 5) is 6.25. The van der Waals surface area contributed by atoms with E-state index < -0.39 is 5.60 Å². The van der Waals surface area contributed by atoms with Gasteiger partial charge in [0, 0.05) is 57.1 Å². The molecule has 2 atom stereocenters. The first kappa shape index (κ1) is 16.4. The smallest absolute Gasteiger partial charge is 0.0818 e. The number of pyridine rings is 1. The Balaban J connectivity index is 2.13. The van der Waals surface area contributed by atoms with E-state index >= 15 is 0 Å². The number of aromatic nitrogens is 1. The zero-order valence-corrected chi connectivity index (χ0v) is 13.0. The van der Waals surface area contributed by atoms with Crippen LogP contribution in [-0.2, 0) is 4.74 Å². The summed E-state index contributed by atoms with van der Waals surface area (Å²) in [6.07, 6.45) is 5.84. The molecule has 0 aromatic carbocycles. The van der Waals surface area contributed by atoms with Crippen molar-refractivity contribution in [3.05, 3.63) is 30.1 Å². The normalized spacial score (nSPS) is 21.2. The van der Waals surface area contributed by atoms with Crippen LogP contribution in [0.5, 0.6) is 0 Å². The molecule has 21 heavy (non-hydrogen) atoms. The first-order valence-corrected chi connectivity index (χ1v) is 7.71. The molecular formula is C16H27N3O2. The Morgan fingerprint density at radius 3 is 2.57 bits per heavy atom. The molecule has 0 amide bonds. The number of nitrogens with zero attached hydrogens (tertiary/aromatic N) is 2. The summed E-state index contributed by atoms with van der Waals surface area (Å²) in [5.41, 5.74) is 6.81. The molecule has 0 bridgehead atoms. The third-order valence-corrected chi connectivity index (χ3v) is 4.37. The minimum absolute atomic E-state index is 0.0286. The lowest BCUT2D eigenvalue weighted by Gasteiger charge is -2.40. The highest BCUT2D eigenvalue weighted by molar-refractivity contribution is 5.17. The van der Waals surface area contributed by atoms with Gasteiger partial charge in [-0.15, -0.1) is 0 Å². The average Bonchev–Trinajstić information content (AvgIpc) is 2.48. The molecule has 2 rings (SSSR count). The summed E-state index contributed by atoms with van der Waals surface area (Å²) in [7, 11) is 2.04. The van der Waals surface area contributed by atoms with Crippen LogP contribution in [-0.4, -0.2) is 53.4 Å². The Labute approximate surface area is 127 Å². The summed E-state index contributed by atoms with van der Waals surface area (Å²) in [5.74, 6) is 0. The quantitative estimate of drug-likeness (QED) is 0.828. The molecule has 1 aromatic rings. The molecule has 0 aliphatic carbocycles. The molecule has 5 heteroatoms. The molecule has 2 unspecified atom stereocenters. The van der Waals surface area contributed by atoms with E-state index in [0.29, 0.717) is 32.6 Å². The van der Waals surface area contributed by atoms with Gasteiger partial charge >= 0.3 is 0 Å². The third-order valence-electron chi connectivity index (χ3n) is 4.37. The Hall–Kier alpha value is -1.01. The fourth-order valence-corrected chi connectivity index (χ4v) is 3.08. The van der Waals surface area contributed by atoms with Crippen LogP contribution in [0.3, 0.4) is 0 Å². The molecule has 2 heterocycles. The fraction of sp³-hybridized carbons (Fsp3) is 0.688. The number of aliphatic hydroxyl groups is 1. The van der Waals surface area contributed by atoms with E-state index in [9.17, 15) is 5.11 Å². The SMILES string of the molecule is CCC(N)C(c1ccncc1)N(C)CC1(O)CCOCC1. The van der Waals surface area contributed by atoms with Gasteiger partial charge in [0.2, 0.25) is 0 Å². The predicted octanol–water partition coefficient (Wildman–Crippen LogP) is 1.33. The van der Waals surface area contributed by atoms with Gasteiger partial charge in [0.15, 0.2) is 0 Å². The van der Waals surface area contributed by atoms with Crippen LogP contribution in [0.15, 0.2) is 24.5 Å². The number of rotatable bonds is 6. The summed E-state index contributed by atoms with van der Waals surface area (Å²) in [6.45, 7) is 3.96. The van der Waals surface area contributed by atoms with Gasteiger partial charge in [0.05, 0.1) is 5.60 Å². The molecule has 1 aliphatic heterocycles. The van der Waals surface area contributed by atoms with Crippen LogP contribution in [0.2, 0.25) is 0 Å². The van der Waals surface area contributed by atoms with Gasteiger partial charge in [0.25, 0.3) is 0 Å². The second-order valence-electron chi connectivity index (χ2n) is 6.05. The maximum atomic E-state index is 10.7. The van der Waals surface area contributed by atoms with E-state index in [1.807, 2.05) is 19.2 Å². The Morgan fingerprint density at radius 1 is 1.38 bits per heavy atom. The van der Waals surface area contributed by atoms with Gasteiger partial charge in [-0.25, -0.2) is 0 Å². The lowest BCUT2D eigenvalue weighted by Crippen LogP contribution is -2.49. The van der Waals surface area contributed by atoms with Gasteiger partial charge in [-0.3, -0.25) is 9.88 Å². The number of hydrogen-bond acceptors (Lipinski definition) is 5. The first-order chi connectivity index (χ1) is 10.1. The van der Waals surface area contributed by atoms with Crippen LogP contribution in [0.4, 0.5) is 0 Å². The summed E-state index contributed by atoms with van der Waals surface area (Å²) in [5, 5.41) is 10.7. The van der Waals surface area contributed by atoms with Gasteiger partial charge in [0.1, 0.15) is 0 Å². The van der Waals surface area contributed by atoms with Gasteiger partial charge < -0.3 is 15.6 Å². The standard InChI is InChI=1S/C16H27N3O2/c1-3-14(17)15(13-4-8-18-9-5-13)19(2)12-16(20)6-10-21-11-7-16/h4-5,8-9,14-15,20H,3,6-7,10-12,17H2,1-2H3. The highest BCUT2D eigenvalue weighted by Crippen LogP contribution is 2.28. The van der Waals surface area contributed by atoms with E-state index in [4.69, 9.17) is 10.5 Å². The second-order valence-corrected chi connectivity index (χ2v) is 6.05. The average molecular weight is 293 g/mol. The number of likely N-dealkylation sites (N-methyl/N-ethyl adjacent to an activating group) is 1. The van der Waals surface area contributed by atoms with E-state index in [1.165, 1.54) is 0 Å². The lowest BCUT2D eigenvalue weighted by molar-refractivity contribution is -0.0827. The molecule has 0 saturated carbocycles. The molecule has 1 saturated heterocycles. The highest BCUT2D eigenvalue weighted by Gasteiger charge is 2.34. The minimum atomic E-state index is -0.675.